The summed E-state index contributed by atoms with van der Waals surface area (Å²) in [7, 11) is 1.29. The Balaban J connectivity index is 1.10. The summed E-state index contributed by atoms with van der Waals surface area (Å²) in [4.78, 5) is 64.2. The van der Waals surface area contributed by atoms with Crippen LogP contribution in [0.1, 0.15) is 65.7 Å². The van der Waals surface area contributed by atoms with Crippen molar-refractivity contribution in [3.8, 4) is 11.1 Å². The average Bonchev–Trinajstić information content (AvgIpc) is 3.95. The SMILES string of the molecule is COC(=O)N[C@H](C(=O)N1CCC[C@H]1c1nc2c(ccc3cc(-c4ccc5c(N)c(NC(=O)C6CC(SC)CN6C(=O)OC(C)(C)C)ccc5c4)ccc32)[nH]1)C(C)C. The Morgan fingerprint density at radius 2 is 1.65 bits per heavy atom. The number of carbonyl (C=O) groups is 4. The zero-order valence-electron chi connectivity index (χ0n) is 33.5. The third-order valence-corrected chi connectivity index (χ3v) is 11.9. The van der Waals surface area contributed by atoms with Crippen LogP contribution in [0.2, 0.25) is 0 Å². The van der Waals surface area contributed by atoms with Gasteiger partial charge >= 0.3 is 12.2 Å². The van der Waals surface area contributed by atoms with Gasteiger partial charge < -0.3 is 35.7 Å². The summed E-state index contributed by atoms with van der Waals surface area (Å²) >= 11 is 1.63. The maximum atomic E-state index is 13.7. The molecule has 0 radical (unpaired) electrons. The number of methoxy groups -OCH3 is 1. The van der Waals surface area contributed by atoms with Gasteiger partial charge in [0.2, 0.25) is 11.8 Å². The van der Waals surface area contributed by atoms with Crippen molar-refractivity contribution in [2.75, 3.05) is 37.5 Å². The molecule has 5 aromatic rings. The molecule has 300 valence electrons. The molecule has 0 bridgehead atoms. The summed E-state index contributed by atoms with van der Waals surface area (Å²) < 4.78 is 10.4. The minimum atomic E-state index is -0.704. The van der Waals surface area contributed by atoms with E-state index in [0.717, 1.165) is 62.4 Å². The van der Waals surface area contributed by atoms with Crippen molar-refractivity contribution in [2.45, 2.75) is 82.9 Å². The molecule has 13 nitrogen and oxygen atoms in total. The highest BCUT2D eigenvalue weighted by molar-refractivity contribution is 7.99. The van der Waals surface area contributed by atoms with Crippen LogP contribution in [0.4, 0.5) is 21.0 Å². The average molecular weight is 794 g/mol. The number of imidazole rings is 1. The van der Waals surface area contributed by atoms with Crippen LogP contribution in [0.3, 0.4) is 0 Å². The second-order valence-electron chi connectivity index (χ2n) is 16.3. The van der Waals surface area contributed by atoms with E-state index >= 15 is 0 Å². The first-order valence-electron chi connectivity index (χ1n) is 19.4. The molecule has 2 aliphatic heterocycles. The van der Waals surface area contributed by atoms with Gasteiger partial charge in [0.05, 0.1) is 35.6 Å². The number of nitrogens with one attached hydrogen (secondary N) is 3. The largest absolute Gasteiger partial charge is 0.453 e. The number of aromatic nitrogens is 2. The predicted molar refractivity (Wildman–Crippen MR) is 226 cm³/mol. The molecule has 4 amide bonds. The van der Waals surface area contributed by atoms with E-state index < -0.39 is 29.9 Å². The van der Waals surface area contributed by atoms with E-state index in [1.165, 1.54) is 12.0 Å². The molecule has 2 unspecified atom stereocenters. The zero-order chi connectivity index (χ0) is 40.8. The van der Waals surface area contributed by atoms with Crippen molar-refractivity contribution in [2.24, 2.45) is 5.92 Å². The Kier molecular flexibility index (Phi) is 11.0. The Morgan fingerprint density at radius 1 is 0.965 bits per heavy atom. The number of nitrogens with zero attached hydrogens (tertiary/aromatic N) is 3. The van der Waals surface area contributed by atoms with E-state index in [1.54, 1.807) is 11.8 Å². The summed E-state index contributed by atoms with van der Waals surface area (Å²) in [6.07, 6.45) is 2.98. The molecule has 2 fully saturated rings. The lowest BCUT2D eigenvalue weighted by Crippen LogP contribution is -2.51. The number of nitrogens with two attached hydrogens (primary N) is 1. The fraction of sp³-hybridized carbons (Fsp3) is 0.419. The van der Waals surface area contributed by atoms with Crippen LogP contribution in [-0.4, -0.2) is 93.2 Å². The number of likely N-dealkylation sites (tertiary alicyclic amines) is 2. The Hall–Kier alpha value is -5.50. The van der Waals surface area contributed by atoms with Gasteiger partial charge in [0, 0.05) is 29.1 Å². The number of nitrogen functional groups attached to an aromatic ring is 1. The van der Waals surface area contributed by atoms with Crippen LogP contribution in [0, 0.1) is 5.92 Å². The molecular weight excluding hydrogens is 743 g/mol. The number of ether oxygens (including phenoxy) is 2. The fourth-order valence-corrected chi connectivity index (χ4v) is 8.63. The van der Waals surface area contributed by atoms with Gasteiger partial charge in [0.25, 0.3) is 0 Å². The van der Waals surface area contributed by atoms with E-state index in [-0.39, 0.29) is 29.0 Å². The van der Waals surface area contributed by atoms with E-state index in [9.17, 15) is 19.2 Å². The van der Waals surface area contributed by atoms with E-state index in [4.69, 9.17) is 20.2 Å². The molecule has 7 rings (SSSR count). The molecule has 1 aromatic heterocycles. The standard InChI is InChI=1S/C43H51N7O6S/c1-23(2)36(48-41(53)55-6)40(52)49-18-8-9-33(49)38-45-32-17-13-27-20-25(11-15-30(27)37(32)47-38)24-10-14-29-26(19-24)12-16-31(35(29)44)46-39(51)34-21-28(57-7)22-50(34)42(54)56-43(3,4)5/h10-17,19-20,23,28,33-34,36H,8-9,18,21-22,44H2,1-7H3,(H,45,47)(H,46,51)(H,48,53)/t28?,33-,34?,36-/m0/s1. The number of fused-ring (bicyclic) bond motifs is 4. The number of rotatable bonds is 8. The molecule has 0 spiro atoms. The highest BCUT2D eigenvalue weighted by Gasteiger charge is 2.42. The van der Waals surface area contributed by atoms with Crippen molar-refractivity contribution in [3.05, 3.63) is 66.5 Å². The van der Waals surface area contributed by atoms with Crippen LogP contribution >= 0.6 is 11.8 Å². The molecule has 4 atom stereocenters. The lowest BCUT2D eigenvalue weighted by atomic mass is 9.97. The first kappa shape index (κ1) is 39.7. The molecule has 2 aliphatic rings. The van der Waals surface area contributed by atoms with Crippen molar-refractivity contribution in [3.63, 3.8) is 0 Å². The van der Waals surface area contributed by atoms with Crippen LogP contribution in [0.5, 0.6) is 0 Å². The van der Waals surface area contributed by atoms with E-state index in [1.807, 2.05) is 76.1 Å². The van der Waals surface area contributed by atoms with Gasteiger partial charge in [0.1, 0.15) is 23.5 Å². The number of amides is 4. The third-order valence-electron chi connectivity index (χ3n) is 10.9. The monoisotopic (exact) mass is 793 g/mol. The number of hydrogen-bond donors (Lipinski definition) is 4. The van der Waals surface area contributed by atoms with Crippen molar-refractivity contribution in [1.82, 2.24) is 25.1 Å². The number of carbonyl (C=O) groups excluding carboxylic acids is 4. The van der Waals surface area contributed by atoms with Gasteiger partial charge in [-0.05, 0) is 98.4 Å². The topological polar surface area (TPSA) is 172 Å². The Morgan fingerprint density at radius 3 is 2.32 bits per heavy atom. The number of hydrogen-bond acceptors (Lipinski definition) is 9. The first-order valence-corrected chi connectivity index (χ1v) is 20.7. The fourth-order valence-electron chi connectivity index (χ4n) is 7.95. The van der Waals surface area contributed by atoms with E-state index in [0.29, 0.717) is 30.9 Å². The van der Waals surface area contributed by atoms with Crippen molar-refractivity contribution in [1.29, 1.82) is 0 Å². The van der Waals surface area contributed by atoms with Gasteiger partial charge in [-0.25, -0.2) is 14.6 Å². The summed E-state index contributed by atoms with van der Waals surface area (Å²) in [5.74, 6) is 0.164. The molecular formula is C43H51N7O6S. The molecule has 0 saturated carbocycles. The number of H-pyrrole nitrogens is 1. The first-order chi connectivity index (χ1) is 27.1. The smallest absolute Gasteiger partial charge is 0.411 e. The van der Waals surface area contributed by atoms with Crippen molar-refractivity contribution < 1.29 is 28.7 Å². The molecule has 2 saturated heterocycles. The zero-order valence-corrected chi connectivity index (χ0v) is 34.3. The summed E-state index contributed by atoms with van der Waals surface area (Å²) in [5, 5.41) is 9.57. The van der Waals surface area contributed by atoms with Crippen LogP contribution in [0.15, 0.2) is 60.7 Å². The predicted octanol–water partition coefficient (Wildman–Crippen LogP) is 7.84. The lowest BCUT2D eigenvalue weighted by Gasteiger charge is -2.29. The molecule has 57 heavy (non-hydrogen) atoms. The Bertz CT molecular complexity index is 2370. The molecule has 14 heteroatoms. The molecule has 5 N–H and O–H groups in total. The summed E-state index contributed by atoms with van der Waals surface area (Å²) in [6, 6.07) is 18.6. The highest BCUT2D eigenvalue weighted by atomic mass is 32.2. The minimum Gasteiger partial charge on any atom is -0.453 e. The number of anilines is 2. The van der Waals surface area contributed by atoms with Gasteiger partial charge in [-0.15, -0.1) is 0 Å². The van der Waals surface area contributed by atoms with Crippen molar-refractivity contribution >= 4 is 79.7 Å². The number of alkyl carbamates (subject to hydrolysis) is 1. The van der Waals surface area contributed by atoms with Gasteiger partial charge in [0.15, 0.2) is 0 Å². The second kappa shape index (κ2) is 15.8. The summed E-state index contributed by atoms with van der Waals surface area (Å²) in [5.41, 5.74) is 10.7. The van der Waals surface area contributed by atoms with Crippen LogP contribution < -0.4 is 16.4 Å². The normalized spacial score (nSPS) is 19.1. The van der Waals surface area contributed by atoms with Gasteiger partial charge in [-0.2, -0.15) is 11.8 Å². The van der Waals surface area contributed by atoms with Gasteiger partial charge in [-0.1, -0.05) is 50.2 Å². The Labute approximate surface area is 336 Å². The second-order valence-corrected chi connectivity index (χ2v) is 17.4. The number of benzene rings is 4. The quantitative estimate of drug-likeness (QED) is 0.114. The van der Waals surface area contributed by atoms with Crippen LogP contribution in [0.25, 0.3) is 43.7 Å². The van der Waals surface area contributed by atoms with Gasteiger partial charge in [-0.3, -0.25) is 14.5 Å². The maximum Gasteiger partial charge on any atom is 0.411 e. The van der Waals surface area contributed by atoms with E-state index in [2.05, 4.69) is 45.9 Å². The minimum absolute atomic E-state index is 0.119. The van der Waals surface area contributed by atoms with Crippen LogP contribution in [-0.2, 0) is 19.1 Å². The number of thioether (sulfide) groups is 1. The highest BCUT2D eigenvalue weighted by Crippen LogP contribution is 2.37. The molecule has 3 heterocycles. The number of aromatic amines is 1. The third kappa shape index (κ3) is 8.05. The lowest BCUT2D eigenvalue weighted by molar-refractivity contribution is -0.135. The summed E-state index contributed by atoms with van der Waals surface area (Å²) in [6.45, 7) is 10.3. The molecule has 4 aromatic carbocycles. The maximum absolute atomic E-state index is 13.7. The molecule has 0 aliphatic carbocycles.